The van der Waals surface area contributed by atoms with Crippen molar-refractivity contribution in [3.63, 3.8) is 0 Å². The van der Waals surface area contributed by atoms with Crippen LogP contribution in [-0.2, 0) is 11.3 Å². The van der Waals surface area contributed by atoms with E-state index in [9.17, 15) is 14.9 Å². The van der Waals surface area contributed by atoms with Gasteiger partial charge in [0.15, 0.2) is 5.13 Å². The van der Waals surface area contributed by atoms with Gasteiger partial charge in [-0.2, -0.15) is 0 Å². The van der Waals surface area contributed by atoms with E-state index in [4.69, 9.17) is 21.3 Å². The van der Waals surface area contributed by atoms with Gasteiger partial charge in [0.05, 0.1) is 39.9 Å². The van der Waals surface area contributed by atoms with Gasteiger partial charge in [0.1, 0.15) is 5.69 Å². The molecule has 0 aliphatic carbocycles. The fourth-order valence-corrected chi connectivity index (χ4v) is 5.45. The van der Waals surface area contributed by atoms with Crippen molar-refractivity contribution in [2.45, 2.75) is 13.5 Å². The number of aryl methyl sites for hydroxylation is 1. The van der Waals surface area contributed by atoms with Crippen LogP contribution >= 0.6 is 22.9 Å². The first kappa shape index (κ1) is 24.1. The number of fused-ring (bicyclic) bond motifs is 1. The average molecular weight is 524 g/mol. The predicted molar refractivity (Wildman–Crippen MR) is 140 cm³/mol. The number of hydrogen-bond donors (Lipinski definition) is 0. The smallest absolute Gasteiger partial charge is 0.293 e. The average Bonchev–Trinajstić information content (AvgIpc) is 3.36. The first-order chi connectivity index (χ1) is 17.4. The number of aromatic nitrogens is 2. The van der Waals surface area contributed by atoms with E-state index in [1.807, 2.05) is 30.0 Å². The minimum absolute atomic E-state index is 0.118. The van der Waals surface area contributed by atoms with E-state index < -0.39 is 10.8 Å². The molecule has 1 fully saturated rings. The number of amides is 1. The lowest BCUT2D eigenvalue weighted by Gasteiger charge is -2.28. The van der Waals surface area contributed by atoms with Crippen LogP contribution in [0.1, 0.15) is 21.5 Å². The molecular formula is C25H22ClN5O4S. The third-order valence-electron chi connectivity index (χ3n) is 6.00. The Labute approximate surface area is 216 Å². The molecule has 1 amide bonds. The number of nitro benzene ring substituents is 1. The number of benzene rings is 2. The van der Waals surface area contributed by atoms with Crippen molar-refractivity contribution in [2.24, 2.45) is 0 Å². The number of thiazole rings is 1. The number of hydrogen-bond acceptors (Lipinski definition) is 8. The topological polar surface area (TPSA) is 102 Å². The van der Waals surface area contributed by atoms with E-state index in [0.717, 1.165) is 21.3 Å². The summed E-state index contributed by atoms with van der Waals surface area (Å²) in [6, 6.07) is 12.0. The number of halogens is 1. The number of morpholine rings is 1. The second-order valence-electron chi connectivity index (χ2n) is 8.35. The Morgan fingerprint density at radius 3 is 2.75 bits per heavy atom. The second-order valence-corrected chi connectivity index (χ2v) is 9.74. The van der Waals surface area contributed by atoms with Crippen LogP contribution in [0.5, 0.6) is 0 Å². The summed E-state index contributed by atoms with van der Waals surface area (Å²) < 4.78 is 6.15. The van der Waals surface area contributed by atoms with Gasteiger partial charge >= 0.3 is 0 Å². The highest BCUT2D eigenvalue weighted by Gasteiger charge is 2.27. The zero-order chi connectivity index (χ0) is 25.2. The normalized spacial score (nSPS) is 13.7. The largest absolute Gasteiger partial charge is 0.378 e. The van der Waals surface area contributed by atoms with Gasteiger partial charge in [-0.05, 0) is 42.3 Å². The first-order valence-corrected chi connectivity index (χ1v) is 12.5. The summed E-state index contributed by atoms with van der Waals surface area (Å²) in [6.07, 6.45) is 3.33. The molecule has 0 saturated carbocycles. The van der Waals surface area contributed by atoms with Crippen LogP contribution in [0.25, 0.3) is 10.2 Å². The quantitative estimate of drug-likeness (QED) is 0.251. The number of carbonyl (C=O) groups excluding carboxylic acids is 1. The minimum atomic E-state index is -0.451. The lowest BCUT2D eigenvalue weighted by Crippen LogP contribution is -2.36. The second kappa shape index (κ2) is 10.2. The molecule has 1 aliphatic heterocycles. The monoisotopic (exact) mass is 523 g/mol. The van der Waals surface area contributed by atoms with Crippen LogP contribution in [0, 0.1) is 17.0 Å². The van der Waals surface area contributed by atoms with Crippen LogP contribution in [-0.4, -0.2) is 47.1 Å². The summed E-state index contributed by atoms with van der Waals surface area (Å²) in [7, 11) is 0. The van der Waals surface area contributed by atoms with E-state index in [2.05, 4.69) is 4.98 Å². The lowest BCUT2D eigenvalue weighted by atomic mass is 10.1. The molecule has 0 radical (unpaired) electrons. The summed E-state index contributed by atoms with van der Waals surface area (Å²) >= 11 is 7.73. The molecule has 184 valence electrons. The summed E-state index contributed by atoms with van der Waals surface area (Å²) in [6.45, 7) is 4.22. The Morgan fingerprint density at radius 1 is 1.25 bits per heavy atom. The number of ether oxygens (including phenoxy) is 1. The molecule has 0 N–H and O–H groups in total. The molecule has 2 aromatic heterocycles. The molecule has 1 saturated heterocycles. The maximum absolute atomic E-state index is 13.8. The Balaban J connectivity index is 1.57. The maximum atomic E-state index is 13.8. The molecule has 36 heavy (non-hydrogen) atoms. The number of anilines is 2. The third kappa shape index (κ3) is 4.75. The molecule has 1 aliphatic rings. The van der Waals surface area contributed by atoms with Crippen LogP contribution in [0.4, 0.5) is 16.5 Å². The van der Waals surface area contributed by atoms with E-state index >= 15 is 0 Å². The Bertz CT molecular complexity index is 1400. The molecule has 0 unspecified atom stereocenters. The van der Waals surface area contributed by atoms with Crippen molar-refractivity contribution < 1.29 is 14.5 Å². The number of nitro groups is 1. The van der Waals surface area contributed by atoms with Crippen LogP contribution in [0.3, 0.4) is 0 Å². The van der Waals surface area contributed by atoms with Gasteiger partial charge < -0.3 is 9.64 Å². The van der Waals surface area contributed by atoms with Crippen LogP contribution in [0.2, 0.25) is 5.02 Å². The van der Waals surface area contributed by atoms with Gasteiger partial charge in [-0.1, -0.05) is 35.1 Å². The van der Waals surface area contributed by atoms with Crippen molar-refractivity contribution in [3.8, 4) is 0 Å². The van der Waals surface area contributed by atoms with Gasteiger partial charge in [0.2, 0.25) is 0 Å². The Kier molecular flexibility index (Phi) is 6.82. The number of nitrogens with zero attached hydrogens (tertiary/aromatic N) is 5. The van der Waals surface area contributed by atoms with Crippen LogP contribution < -0.4 is 9.80 Å². The molecule has 3 heterocycles. The number of pyridine rings is 1. The molecule has 2 aromatic carbocycles. The van der Waals surface area contributed by atoms with Crippen molar-refractivity contribution in [1.82, 2.24) is 9.97 Å². The summed E-state index contributed by atoms with van der Waals surface area (Å²) in [5.74, 6) is -0.400. The summed E-state index contributed by atoms with van der Waals surface area (Å²) in [5, 5.41) is 13.0. The number of rotatable bonds is 6. The van der Waals surface area contributed by atoms with Gasteiger partial charge in [0, 0.05) is 37.1 Å². The fraction of sp³-hybridized carbons (Fsp3) is 0.240. The van der Waals surface area contributed by atoms with E-state index in [1.54, 1.807) is 30.6 Å². The van der Waals surface area contributed by atoms with E-state index in [0.29, 0.717) is 42.1 Å². The molecule has 0 bridgehead atoms. The first-order valence-electron chi connectivity index (χ1n) is 11.3. The fourth-order valence-electron chi connectivity index (χ4n) is 4.14. The molecule has 0 atom stereocenters. The highest BCUT2D eigenvalue weighted by Crippen LogP contribution is 2.37. The third-order valence-corrected chi connectivity index (χ3v) is 7.53. The minimum Gasteiger partial charge on any atom is -0.378 e. The predicted octanol–water partition coefficient (Wildman–Crippen LogP) is 5.24. The molecule has 9 nitrogen and oxygen atoms in total. The van der Waals surface area contributed by atoms with Crippen molar-refractivity contribution in [2.75, 3.05) is 36.1 Å². The number of carbonyl (C=O) groups is 1. The highest BCUT2D eigenvalue weighted by molar-refractivity contribution is 7.23. The zero-order valence-electron chi connectivity index (χ0n) is 19.4. The molecule has 0 spiro atoms. The van der Waals surface area contributed by atoms with E-state index in [1.165, 1.54) is 22.3 Å². The summed E-state index contributed by atoms with van der Waals surface area (Å²) in [4.78, 5) is 37.6. The molecule has 4 aromatic rings. The Morgan fingerprint density at radius 2 is 2.06 bits per heavy atom. The van der Waals surface area contributed by atoms with Crippen molar-refractivity contribution in [3.05, 3.63) is 86.7 Å². The highest BCUT2D eigenvalue weighted by atomic mass is 35.5. The van der Waals surface area contributed by atoms with Gasteiger partial charge in [-0.25, -0.2) is 4.98 Å². The van der Waals surface area contributed by atoms with Gasteiger partial charge in [-0.3, -0.25) is 24.8 Å². The van der Waals surface area contributed by atoms with Crippen molar-refractivity contribution in [1.29, 1.82) is 0 Å². The Hall–Kier alpha value is -3.60. The maximum Gasteiger partial charge on any atom is 0.293 e. The zero-order valence-corrected chi connectivity index (χ0v) is 21.0. The molecule has 5 rings (SSSR count). The molecular weight excluding hydrogens is 502 g/mol. The van der Waals surface area contributed by atoms with Crippen molar-refractivity contribution >= 4 is 55.6 Å². The van der Waals surface area contributed by atoms with Gasteiger partial charge in [0.25, 0.3) is 11.6 Å². The summed E-state index contributed by atoms with van der Waals surface area (Å²) in [5.41, 5.74) is 3.02. The van der Waals surface area contributed by atoms with E-state index in [-0.39, 0.29) is 17.8 Å². The standard InChI is InChI=1S/C25H22ClN5O4S/c1-16-4-6-19(26)23-22(16)28-25(36-23)30(15-17-3-2-8-27-14-17)24(32)18-5-7-20(21(13-18)31(33)34)29-9-11-35-12-10-29/h2-8,13-14H,9-12,15H2,1H3. The molecule has 11 heteroatoms. The lowest BCUT2D eigenvalue weighted by molar-refractivity contribution is -0.384. The SMILES string of the molecule is Cc1ccc(Cl)c2sc(N(Cc3cccnc3)C(=O)c3ccc(N4CCOCC4)c([N+](=O)[O-])c3)nc12. The van der Waals surface area contributed by atoms with Gasteiger partial charge in [-0.15, -0.1) is 0 Å². The van der Waals surface area contributed by atoms with Crippen LogP contribution in [0.15, 0.2) is 54.9 Å².